The Morgan fingerprint density at radius 3 is 2.53 bits per heavy atom. The van der Waals surface area contributed by atoms with E-state index in [1.54, 1.807) is 6.07 Å². The minimum atomic E-state index is -0.479. The van der Waals surface area contributed by atoms with Gasteiger partial charge in [0.05, 0.1) is 0 Å². The first-order valence-electron chi connectivity index (χ1n) is 4.80. The van der Waals surface area contributed by atoms with E-state index in [1.807, 2.05) is 0 Å². The number of nitrogens with two attached hydrogens (primary N) is 1. The van der Waals surface area contributed by atoms with Crippen LogP contribution in [0.5, 0.6) is 17.2 Å². The Bertz CT molecular complexity index is 329. The Balaban J connectivity index is 2.58. The smallest absolute Gasteiger partial charge is 0.200 e. The highest BCUT2D eigenvalue weighted by Crippen LogP contribution is 2.36. The van der Waals surface area contributed by atoms with Crippen LogP contribution in [-0.4, -0.2) is 28.4 Å². The second-order valence-corrected chi connectivity index (χ2v) is 3.26. The van der Waals surface area contributed by atoms with Crippen LogP contribution in [0.15, 0.2) is 12.1 Å². The molecule has 0 amide bonds. The maximum absolute atomic E-state index is 9.46. The first-order chi connectivity index (χ1) is 7.16. The molecule has 0 bridgehead atoms. The Hall–Kier alpha value is -1.46. The van der Waals surface area contributed by atoms with Gasteiger partial charge in [0.2, 0.25) is 5.75 Å². The second-order valence-electron chi connectivity index (χ2n) is 3.26. The molecule has 0 heterocycles. The van der Waals surface area contributed by atoms with Gasteiger partial charge in [0.1, 0.15) is 0 Å². The van der Waals surface area contributed by atoms with E-state index in [1.165, 1.54) is 6.07 Å². The summed E-state index contributed by atoms with van der Waals surface area (Å²) in [6.07, 6.45) is 0.852. The van der Waals surface area contributed by atoms with Crippen LogP contribution in [0.1, 0.15) is 12.0 Å². The van der Waals surface area contributed by atoms with Crippen molar-refractivity contribution in [3.63, 3.8) is 0 Å². The topological polar surface area (TPSA) is 98.7 Å². The van der Waals surface area contributed by atoms with E-state index in [9.17, 15) is 10.2 Å². The molecule has 0 aromatic heterocycles. The zero-order chi connectivity index (χ0) is 11.3. The molecule has 0 atom stereocenters. The molecule has 0 saturated heterocycles. The lowest BCUT2D eigenvalue weighted by Gasteiger charge is -2.08. The Kier molecular flexibility index (Phi) is 4.20. The zero-order valence-corrected chi connectivity index (χ0v) is 8.40. The van der Waals surface area contributed by atoms with Crippen molar-refractivity contribution in [1.29, 1.82) is 0 Å². The molecule has 0 aliphatic heterocycles. The van der Waals surface area contributed by atoms with Gasteiger partial charge in [-0.15, -0.1) is 0 Å². The predicted molar refractivity (Wildman–Crippen MR) is 56.8 cm³/mol. The summed E-state index contributed by atoms with van der Waals surface area (Å²) in [5.74, 6) is -1.08. The molecule has 1 aromatic carbocycles. The minimum absolute atomic E-state index is 0.282. The summed E-state index contributed by atoms with van der Waals surface area (Å²) < 4.78 is 0. The van der Waals surface area contributed by atoms with Gasteiger partial charge in [-0.3, -0.25) is 0 Å². The van der Waals surface area contributed by atoms with Gasteiger partial charge in [0.25, 0.3) is 0 Å². The van der Waals surface area contributed by atoms with Crippen LogP contribution < -0.4 is 11.1 Å². The highest BCUT2D eigenvalue weighted by Gasteiger charge is 2.09. The average molecular weight is 212 g/mol. The SMILES string of the molecule is NCCCNCc1ccc(O)c(O)c1O. The van der Waals surface area contributed by atoms with Crippen molar-refractivity contribution in [2.75, 3.05) is 13.1 Å². The van der Waals surface area contributed by atoms with Crippen molar-refractivity contribution < 1.29 is 15.3 Å². The van der Waals surface area contributed by atoms with Gasteiger partial charge < -0.3 is 26.4 Å². The van der Waals surface area contributed by atoms with E-state index in [0.717, 1.165) is 13.0 Å². The number of phenols is 3. The molecule has 1 rings (SSSR count). The van der Waals surface area contributed by atoms with Crippen molar-refractivity contribution in [2.45, 2.75) is 13.0 Å². The standard InChI is InChI=1S/C10H16N2O3/c11-4-1-5-12-6-7-2-3-8(13)10(15)9(7)14/h2-3,12-15H,1,4-6,11H2. The number of rotatable bonds is 5. The van der Waals surface area contributed by atoms with E-state index in [2.05, 4.69) is 5.32 Å². The molecule has 0 saturated carbocycles. The van der Waals surface area contributed by atoms with Crippen LogP contribution in [0.25, 0.3) is 0 Å². The van der Waals surface area contributed by atoms with E-state index in [-0.39, 0.29) is 11.5 Å². The van der Waals surface area contributed by atoms with Gasteiger partial charge >= 0.3 is 0 Å². The number of hydrogen-bond acceptors (Lipinski definition) is 5. The maximum atomic E-state index is 9.46. The van der Waals surface area contributed by atoms with Crippen molar-refractivity contribution in [3.05, 3.63) is 17.7 Å². The van der Waals surface area contributed by atoms with Crippen LogP contribution in [0.3, 0.4) is 0 Å². The normalized spacial score (nSPS) is 10.5. The molecular formula is C10H16N2O3. The maximum Gasteiger partial charge on any atom is 0.200 e. The fraction of sp³-hybridized carbons (Fsp3) is 0.400. The molecule has 5 heteroatoms. The fourth-order valence-electron chi connectivity index (χ4n) is 1.20. The number of hydrogen-bond donors (Lipinski definition) is 5. The molecule has 0 aliphatic rings. The van der Waals surface area contributed by atoms with E-state index >= 15 is 0 Å². The van der Waals surface area contributed by atoms with Gasteiger partial charge in [0, 0.05) is 12.1 Å². The molecular weight excluding hydrogens is 196 g/mol. The molecule has 0 radical (unpaired) electrons. The lowest BCUT2D eigenvalue weighted by Crippen LogP contribution is -2.17. The molecule has 0 aliphatic carbocycles. The Labute approximate surface area is 88.2 Å². The van der Waals surface area contributed by atoms with Gasteiger partial charge in [-0.2, -0.15) is 0 Å². The molecule has 0 spiro atoms. The summed E-state index contributed by atoms with van der Waals surface area (Å²) in [7, 11) is 0. The average Bonchev–Trinajstić information content (AvgIpc) is 2.24. The molecule has 15 heavy (non-hydrogen) atoms. The summed E-state index contributed by atoms with van der Waals surface area (Å²) in [5.41, 5.74) is 5.86. The quantitative estimate of drug-likeness (QED) is 0.356. The third-order valence-corrected chi connectivity index (χ3v) is 2.09. The third-order valence-electron chi connectivity index (χ3n) is 2.09. The summed E-state index contributed by atoms with van der Waals surface area (Å²) in [5, 5.41) is 30.8. The minimum Gasteiger partial charge on any atom is -0.504 e. The van der Waals surface area contributed by atoms with Crippen LogP contribution in [0, 0.1) is 0 Å². The predicted octanol–water partition coefficient (Wildman–Crippen LogP) is 0.242. The van der Waals surface area contributed by atoms with Gasteiger partial charge in [0.15, 0.2) is 11.5 Å². The Morgan fingerprint density at radius 1 is 1.13 bits per heavy atom. The Morgan fingerprint density at radius 2 is 1.87 bits per heavy atom. The first kappa shape index (κ1) is 11.6. The lowest BCUT2D eigenvalue weighted by molar-refractivity contribution is 0.364. The van der Waals surface area contributed by atoms with Crippen molar-refractivity contribution >= 4 is 0 Å². The highest BCUT2D eigenvalue weighted by molar-refractivity contribution is 5.52. The lowest BCUT2D eigenvalue weighted by atomic mass is 10.1. The molecule has 0 fully saturated rings. The van der Waals surface area contributed by atoms with Gasteiger partial charge in [-0.1, -0.05) is 6.07 Å². The molecule has 6 N–H and O–H groups in total. The van der Waals surface area contributed by atoms with E-state index in [0.29, 0.717) is 18.7 Å². The fourth-order valence-corrected chi connectivity index (χ4v) is 1.20. The van der Waals surface area contributed by atoms with Crippen LogP contribution in [-0.2, 0) is 6.54 Å². The first-order valence-corrected chi connectivity index (χ1v) is 4.80. The van der Waals surface area contributed by atoms with Crippen molar-refractivity contribution in [1.82, 2.24) is 5.32 Å². The van der Waals surface area contributed by atoms with Gasteiger partial charge in [-0.25, -0.2) is 0 Å². The molecule has 5 nitrogen and oxygen atoms in total. The third kappa shape index (κ3) is 3.00. The molecule has 1 aromatic rings. The number of phenolic OH excluding ortho intramolecular Hbond substituents is 3. The largest absolute Gasteiger partial charge is 0.504 e. The number of aromatic hydroxyl groups is 3. The second kappa shape index (κ2) is 5.43. The van der Waals surface area contributed by atoms with Crippen LogP contribution in [0.4, 0.5) is 0 Å². The van der Waals surface area contributed by atoms with Gasteiger partial charge in [-0.05, 0) is 25.6 Å². The highest BCUT2D eigenvalue weighted by atomic mass is 16.3. The van der Waals surface area contributed by atoms with Crippen LogP contribution in [0.2, 0.25) is 0 Å². The monoisotopic (exact) mass is 212 g/mol. The zero-order valence-electron chi connectivity index (χ0n) is 8.40. The van der Waals surface area contributed by atoms with E-state index < -0.39 is 5.75 Å². The van der Waals surface area contributed by atoms with E-state index in [4.69, 9.17) is 10.8 Å². The summed E-state index contributed by atoms with van der Waals surface area (Å²) in [4.78, 5) is 0. The number of benzene rings is 1. The summed E-state index contributed by atoms with van der Waals surface area (Å²) in [6.45, 7) is 1.79. The van der Waals surface area contributed by atoms with Crippen LogP contribution >= 0.6 is 0 Å². The van der Waals surface area contributed by atoms with Crippen molar-refractivity contribution in [3.8, 4) is 17.2 Å². The number of nitrogens with one attached hydrogen (secondary N) is 1. The summed E-state index contributed by atoms with van der Waals surface area (Å²) >= 11 is 0. The molecule has 84 valence electrons. The summed E-state index contributed by atoms with van der Waals surface area (Å²) in [6, 6.07) is 2.90. The van der Waals surface area contributed by atoms with Crippen molar-refractivity contribution in [2.24, 2.45) is 5.73 Å². The molecule has 0 unspecified atom stereocenters.